The van der Waals surface area contributed by atoms with Crippen molar-refractivity contribution in [3.05, 3.63) is 5.89 Å². The number of amides is 1. The van der Waals surface area contributed by atoms with Crippen LogP contribution in [0.25, 0.3) is 0 Å². The van der Waals surface area contributed by atoms with Gasteiger partial charge in [0.15, 0.2) is 0 Å². The number of nitrogens with zero attached hydrogens (tertiary/aromatic N) is 2. The highest BCUT2D eigenvalue weighted by molar-refractivity contribution is 7.99. The molecule has 1 amide bonds. The van der Waals surface area contributed by atoms with Gasteiger partial charge in [-0.15, -0.1) is 10.2 Å². The highest BCUT2D eigenvalue weighted by Crippen LogP contribution is 2.15. The molecule has 0 bridgehead atoms. The van der Waals surface area contributed by atoms with Crippen LogP contribution in [-0.2, 0) is 9.53 Å². The van der Waals surface area contributed by atoms with E-state index in [9.17, 15) is 4.79 Å². The molecule has 1 fully saturated rings. The van der Waals surface area contributed by atoms with Gasteiger partial charge >= 0.3 is 0 Å². The lowest BCUT2D eigenvalue weighted by Crippen LogP contribution is -2.32. The number of carbonyl (C=O) groups excluding carboxylic acids is 1. The lowest BCUT2D eigenvalue weighted by Gasteiger charge is -2.09. The Kier molecular flexibility index (Phi) is 4.38. The van der Waals surface area contributed by atoms with Crippen LogP contribution in [0.4, 0.5) is 0 Å². The van der Waals surface area contributed by atoms with Crippen LogP contribution in [0.5, 0.6) is 0 Å². The summed E-state index contributed by atoms with van der Waals surface area (Å²) in [5.74, 6) is 0.752. The van der Waals surface area contributed by atoms with Gasteiger partial charge < -0.3 is 14.5 Å². The van der Waals surface area contributed by atoms with Crippen LogP contribution in [0, 0.1) is 6.92 Å². The Hall–Kier alpha value is -1.08. The van der Waals surface area contributed by atoms with Crippen LogP contribution in [0.3, 0.4) is 0 Å². The summed E-state index contributed by atoms with van der Waals surface area (Å²) in [7, 11) is 0. The minimum absolute atomic E-state index is 0.0404. The van der Waals surface area contributed by atoms with Gasteiger partial charge in [0.25, 0.3) is 5.22 Å². The predicted molar refractivity (Wildman–Crippen MR) is 61.7 cm³/mol. The summed E-state index contributed by atoms with van der Waals surface area (Å²) in [4.78, 5) is 11.5. The third kappa shape index (κ3) is 4.01. The minimum atomic E-state index is -0.0404. The Labute approximate surface area is 103 Å². The zero-order valence-electron chi connectivity index (χ0n) is 9.64. The van der Waals surface area contributed by atoms with E-state index in [1.807, 2.05) is 0 Å². The average molecular weight is 257 g/mol. The van der Waals surface area contributed by atoms with Crippen LogP contribution in [0.2, 0.25) is 0 Å². The molecule has 0 saturated carbocycles. The molecular formula is C10H15N3O3S. The largest absolute Gasteiger partial charge is 0.416 e. The molecule has 2 rings (SSSR count). The van der Waals surface area contributed by atoms with Gasteiger partial charge in [-0.05, 0) is 12.8 Å². The molecule has 1 aromatic rings. The molecule has 1 saturated heterocycles. The summed E-state index contributed by atoms with van der Waals surface area (Å²) < 4.78 is 10.6. The highest BCUT2D eigenvalue weighted by Gasteiger charge is 2.16. The number of hydrogen-bond donors (Lipinski definition) is 1. The summed E-state index contributed by atoms with van der Waals surface area (Å²) in [5, 5.41) is 10.7. The maximum Gasteiger partial charge on any atom is 0.277 e. The summed E-state index contributed by atoms with van der Waals surface area (Å²) >= 11 is 1.24. The number of thioether (sulfide) groups is 1. The molecule has 94 valence electrons. The van der Waals surface area contributed by atoms with Crippen LogP contribution in [0.1, 0.15) is 18.7 Å². The van der Waals surface area contributed by atoms with Crippen LogP contribution < -0.4 is 5.32 Å². The molecule has 2 heterocycles. The van der Waals surface area contributed by atoms with Gasteiger partial charge in [0.1, 0.15) is 0 Å². The zero-order chi connectivity index (χ0) is 12.1. The number of aryl methyl sites for hydroxylation is 1. The van der Waals surface area contributed by atoms with Crippen LogP contribution >= 0.6 is 11.8 Å². The van der Waals surface area contributed by atoms with Crippen molar-refractivity contribution in [3.8, 4) is 0 Å². The van der Waals surface area contributed by atoms with Crippen LogP contribution in [-0.4, -0.2) is 41.1 Å². The lowest BCUT2D eigenvalue weighted by atomic mass is 10.2. The number of rotatable bonds is 5. The van der Waals surface area contributed by atoms with Crippen molar-refractivity contribution < 1.29 is 13.9 Å². The molecule has 0 radical (unpaired) electrons. The molecule has 1 unspecified atom stereocenters. The highest BCUT2D eigenvalue weighted by atomic mass is 32.2. The second-order valence-electron chi connectivity index (χ2n) is 3.81. The van der Waals surface area contributed by atoms with Crippen LogP contribution in [0.15, 0.2) is 9.64 Å². The SMILES string of the molecule is Cc1nnc(SCC(=O)NCC2CCCO2)o1. The van der Waals surface area contributed by atoms with E-state index in [-0.39, 0.29) is 17.8 Å². The smallest absolute Gasteiger partial charge is 0.277 e. The summed E-state index contributed by atoms with van der Waals surface area (Å²) in [6, 6.07) is 0. The van der Waals surface area contributed by atoms with Gasteiger partial charge in [-0.3, -0.25) is 4.79 Å². The number of hydrogen-bond acceptors (Lipinski definition) is 6. The Morgan fingerprint density at radius 2 is 2.47 bits per heavy atom. The normalized spacial score (nSPS) is 19.5. The van der Waals surface area contributed by atoms with E-state index in [4.69, 9.17) is 9.15 Å². The van der Waals surface area contributed by atoms with Gasteiger partial charge in [0.2, 0.25) is 11.8 Å². The van der Waals surface area contributed by atoms with Crippen molar-refractivity contribution in [2.45, 2.75) is 31.1 Å². The minimum Gasteiger partial charge on any atom is -0.416 e. The topological polar surface area (TPSA) is 77.2 Å². The predicted octanol–water partition coefficient (Wildman–Crippen LogP) is 0.765. The molecular weight excluding hydrogens is 242 g/mol. The van der Waals surface area contributed by atoms with Crippen molar-refractivity contribution in [2.24, 2.45) is 0 Å². The van der Waals surface area contributed by atoms with Gasteiger partial charge in [-0.25, -0.2) is 0 Å². The quantitative estimate of drug-likeness (QED) is 0.785. The van der Waals surface area contributed by atoms with E-state index in [1.165, 1.54) is 11.8 Å². The molecule has 1 aliphatic rings. The Morgan fingerprint density at radius 3 is 3.12 bits per heavy atom. The van der Waals surface area contributed by atoms with Crippen molar-refractivity contribution >= 4 is 17.7 Å². The molecule has 6 nitrogen and oxygen atoms in total. The Bertz CT molecular complexity index is 377. The maximum absolute atomic E-state index is 11.5. The standard InChI is InChI=1S/C10H15N3O3S/c1-7-12-13-10(16-7)17-6-9(14)11-5-8-3-2-4-15-8/h8H,2-6H2,1H3,(H,11,14). The molecule has 1 aliphatic heterocycles. The molecule has 0 aliphatic carbocycles. The number of ether oxygens (including phenoxy) is 1. The average Bonchev–Trinajstić information content (AvgIpc) is 2.95. The second kappa shape index (κ2) is 6.02. The van der Waals surface area contributed by atoms with Crippen molar-refractivity contribution in [2.75, 3.05) is 18.9 Å². The fourth-order valence-electron chi connectivity index (χ4n) is 1.55. The van der Waals surface area contributed by atoms with Crippen molar-refractivity contribution in [3.63, 3.8) is 0 Å². The van der Waals surface area contributed by atoms with Gasteiger partial charge in [-0.2, -0.15) is 0 Å². The van der Waals surface area contributed by atoms with E-state index in [0.717, 1.165) is 19.4 Å². The van der Waals surface area contributed by atoms with Crippen molar-refractivity contribution in [1.29, 1.82) is 0 Å². The van der Waals surface area contributed by atoms with E-state index < -0.39 is 0 Å². The molecule has 1 aromatic heterocycles. The fraction of sp³-hybridized carbons (Fsp3) is 0.700. The van der Waals surface area contributed by atoms with Gasteiger partial charge in [0, 0.05) is 20.1 Å². The zero-order valence-corrected chi connectivity index (χ0v) is 10.5. The first-order valence-corrected chi connectivity index (χ1v) is 6.54. The fourth-order valence-corrected chi connectivity index (χ4v) is 2.18. The number of carbonyl (C=O) groups is 1. The molecule has 7 heteroatoms. The third-order valence-corrected chi connectivity index (χ3v) is 3.20. The van der Waals surface area contributed by atoms with Gasteiger partial charge in [0.05, 0.1) is 11.9 Å². The molecule has 1 N–H and O–H groups in total. The maximum atomic E-state index is 11.5. The Morgan fingerprint density at radius 1 is 1.59 bits per heavy atom. The first-order chi connectivity index (χ1) is 8.24. The molecule has 1 atom stereocenters. The van der Waals surface area contributed by atoms with E-state index in [1.54, 1.807) is 6.92 Å². The third-order valence-electron chi connectivity index (χ3n) is 2.39. The molecule has 0 aromatic carbocycles. The second-order valence-corrected chi connectivity index (χ2v) is 4.74. The Balaban J connectivity index is 1.63. The number of nitrogens with one attached hydrogen (secondary N) is 1. The summed E-state index contributed by atoms with van der Waals surface area (Å²) in [6.07, 6.45) is 2.28. The van der Waals surface area contributed by atoms with Crippen molar-refractivity contribution in [1.82, 2.24) is 15.5 Å². The monoisotopic (exact) mass is 257 g/mol. The molecule has 17 heavy (non-hydrogen) atoms. The summed E-state index contributed by atoms with van der Waals surface area (Å²) in [6.45, 7) is 3.10. The van der Waals surface area contributed by atoms with E-state index in [0.29, 0.717) is 17.7 Å². The van der Waals surface area contributed by atoms with E-state index in [2.05, 4.69) is 15.5 Å². The van der Waals surface area contributed by atoms with Gasteiger partial charge in [-0.1, -0.05) is 11.8 Å². The first-order valence-electron chi connectivity index (χ1n) is 5.55. The molecule has 0 spiro atoms. The number of aromatic nitrogens is 2. The lowest BCUT2D eigenvalue weighted by molar-refractivity contribution is -0.119. The summed E-state index contributed by atoms with van der Waals surface area (Å²) in [5.41, 5.74) is 0. The van der Waals surface area contributed by atoms with E-state index >= 15 is 0 Å². The first kappa shape index (κ1) is 12.4.